The quantitative estimate of drug-likeness (QED) is 0.361. The third-order valence-corrected chi connectivity index (χ3v) is 1.67. The molecule has 1 aliphatic heterocycles. The lowest BCUT2D eigenvalue weighted by atomic mass is 10.0. The largest absolute Gasteiger partial charge is 0.363 e. The molecule has 0 aliphatic carbocycles. The van der Waals surface area contributed by atoms with Gasteiger partial charge in [-0.2, -0.15) is 0 Å². The molecule has 0 bridgehead atoms. The maximum atomic E-state index is 10.5. The zero-order valence-electron chi connectivity index (χ0n) is 6.39. The van der Waals surface area contributed by atoms with Crippen molar-refractivity contribution in [1.82, 2.24) is 10.8 Å². The van der Waals surface area contributed by atoms with Crippen LogP contribution in [0.15, 0.2) is 0 Å². The minimum absolute atomic E-state index is 0.0886. The first kappa shape index (κ1) is 8.45. The van der Waals surface area contributed by atoms with Crippen molar-refractivity contribution < 1.29 is 14.7 Å². The molecule has 64 valence electrons. The second kappa shape index (κ2) is 3.17. The van der Waals surface area contributed by atoms with Gasteiger partial charge in [-0.25, -0.2) is 5.48 Å². The van der Waals surface area contributed by atoms with Crippen LogP contribution in [0.3, 0.4) is 0 Å². The Kier molecular flexibility index (Phi) is 2.43. The van der Waals surface area contributed by atoms with E-state index in [1.54, 1.807) is 0 Å². The Hall–Kier alpha value is -0.650. The van der Waals surface area contributed by atoms with E-state index in [1.807, 2.05) is 6.92 Å². The molecule has 1 amide bonds. The summed E-state index contributed by atoms with van der Waals surface area (Å²) in [5.41, 5.74) is 1.27. The molecule has 0 radical (unpaired) electrons. The molecule has 0 aromatic carbocycles. The van der Waals surface area contributed by atoms with E-state index in [0.29, 0.717) is 0 Å². The van der Waals surface area contributed by atoms with Crippen molar-refractivity contribution in [2.24, 2.45) is 0 Å². The summed E-state index contributed by atoms with van der Waals surface area (Å²) >= 11 is 0. The fourth-order valence-corrected chi connectivity index (χ4v) is 0.851. The van der Waals surface area contributed by atoms with Crippen LogP contribution in [0.4, 0.5) is 0 Å². The van der Waals surface area contributed by atoms with Crippen molar-refractivity contribution >= 4 is 5.91 Å². The van der Waals surface area contributed by atoms with Crippen molar-refractivity contribution in [3.8, 4) is 0 Å². The molecule has 5 nitrogen and oxygen atoms in total. The van der Waals surface area contributed by atoms with Gasteiger partial charge in [0.15, 0.2) is 0 Å². The van der Waals surface area contributed by atoms with Crippen molar-refractivity contribution in [3.63, 3.8) is 0 Å². The van der Waals surface area contributed by atoms with Gasteiger partial charge in [-0.3, -0.25) is 10.0 Å². The average Bonchev–Trinajstić information content (AvgIpc) is 1.96. The first-order valence-corrected chi connectivity index (χ1v) is 3.44. The molecule has 3 N–H and O–H groups in total. The average molecular weight is 160 g/mol. The molecule has 5 heteroatoms. The summed E-state index contributed by atoms with van der Waals surface area (Å²) in [4.78, 5) is 10.5. The molecule has 0 saturated carbocycles. The summed E-state index contributed by atoms with van der Waals surface area (Å²) in [5, 5.41) is 11.2. The van der Waals surface area contributed by atoms with Crippen LogP contribution in [0, 0.1) is 0 Å². The molecule has 1 rings (SSSR count). The van der Waals surface area contributed by atoms with Crippen LogP contribution in [0.2, 0.25) is 0 Å². The maximum absolute atomic E-state index is 10.5. The lowest BCUT2D eigenvalue weighted by Gasteiger charge is -2.38. The van der Waals surface area contributed by atoms with Crippen molar-refractivity contribution in [1.29, 1.82) is 0 Å². The molecule has 1 aliphatic rings. The highest BCUT2D eigenvalue weighted by Gasteiger charge is 2.32. The number of carbonyl (C=O) groups is 1. The van der Waals surface area contributed by atoms with Gasteiger partial charge in [0.2, 0.25) is 0 Å². The van der Waals surface area contributed by atoms with E-state index in [-0.39, 0.29) is 12.2 Å². The van der Waals surface area contributed by atoms with E-state index in [4.69, 9.17) is 9.94 Å². The lowest BCUT2D eigenvalue weighted by molar-refractivity contribution is -0.143. The van der Waals surface area contributed by atoms with E-state index in [2.05, 4.69) is 5.32 Å². The standard InChI is InChI=1S/C6H12N2O3/c1-6(3-7-4-6)11-2-5(9)8-10/h7,10H,2-4H2,1H3,(H,8,9). The normalized spacial score (nSPS) is 20.5. The summed E-state index contributed by atoms with van der Waals surface area (Å²) in [6.45, 7) is 3.33. The molecule has 1 saturated heterocycles. The number of carbonyl (C=O) groups excluding carboxylic acids is 1. The van der Waals surface area contributed by atoms with E-state index >= 15 is 0 Å². The van der Waals surface area contributed by atoms with Crippen LogP contribution in [0.1, 0.15) is 6.92 Å². The van der Waals surface area contributed by atoms with Crippen molar-refractivity contribution in [2.45, 2.75) is 12.5 Å². The SMILES string of the molecule is CC1(OCC(=O)NO)CNC1. The Morgan fingerprint density at radius 1 is 1.82 bits per heavy atom. The van der Waals surface area contributed by atoms with Crippen molar-refractivity contribution in [3.05, 3.63) is 0 Å². The fraction of sp³-hybridized carbons (Fsp3) is 0.833. The Morgan fingerprint density at radius 3 is 2.82 bits per heavy atom. The van der Waals surface area contributed by atoms with Crippen LogP contribution in [-0.4, -0.2) is 36.4 Å². The highest BCUT2D eigenvalue weighted by molar-refractivity contribution is 5.75. The minimum atomic E-state index is -0.516. The minimum Gasteiger partial charge on any atom is -0.363 e. The zero-order valence-corrected chi connectivity index (χ0v) is 6.39. The molecular formula is C6H12N2O3. The summed E-state index contributed by atoms with van der Waals surface area (Å²) in [6.07, 6.45) is 0. The second-order valence-electron chi connectivity index (χ2n) is 2.88. The van der Waals surface area contributed by atoms with Gasteiger partial charge in [-0.1, -0.05) is 0 Å². The third kappa shape index (κ3) is 2.14. The fourth-order valence-electron chi connectivity index (χ4n) is 0.851. The number of rotatable bonds is 3. The van der Waals surface area contributed by atoms with Gasteiger partial charge in [0.05, 0.1) is 5.60 Å². The van der Waals surface area contributed by atoms with Gasteiger partial charge in [-0.05, 0) is 6.92 Å². The Bertz CT molecular complexity index is 156. The van der Waals surface area contributed by atoms with Crippen LogP contribution < -0.4 is 10.8 Å². The van der Waals surface area contributed by atoms with E-state index < -0.39 is 5.91 Å². The predicted octanol–water partition coefficient (Wildman–Crippen LogP) is -1.13. The summed E-state index contributed by atoms with van der Waals surface area (Å²) in [5.74, 6) is -0.516. The zero-order chi connectivity index (χ0) is 8.32. The first-order valence-electron chi connectivity index (χ1n) is 3.44. The molecule has 0 unspecified atom stereocenters. The van der Waals surface area contributed by atoms with Gasteiger partial charge in [0.25, 0.3) is 5.91 Å². The molecule has 1 heterocycles. The van der Waals surface area contributed by atoms with Gasteiger partial charge in [0.1, 0.15) is 6.61 Å². The van der Waals surface area contributed by atoms with Crippen LogP contribution in [0.25, 0.3) is 0 Å². The maximum Gasteiger partial charge on any atom is 0.269 e. The number of hydrogen-bond donors (Lipinski definition) is 3. The first-order chi connectivity index (χ1) is 5.16. The molecule has 0 aromatic heterocycles. The van der Waals surface area contributed by atoms with Crippen LogP contribution in [-0.2, 0) is 9.53 Å². The van der Waals surface area contributed by atoms with E-state index in [9.17, 15) is 4.79 Å². The number of ether oxygens (including phenoxy) is 1. The molecule has 1 fully saturated rings. The van der Waals surface area contributed by atoms with E-state index in [1.165, 1.54) is 5.48 Å². The van der Waals surface area contributed by atoms with Gasteiger partial charge in [-0.15, -0.1) is 0 Å². The molecular weight excluding hydrogens is 148 g/mol. The predicted molar refractivity (Wildman–Crippen MR) is 37.2 cm³/mol. The second-order valence-corrected chi connectivity index (χ2v) is 2.88. The van der Waals surface area contributed by atoms with Crippen LogP contribution in [0.5, 0.6) is 0 Å². The summed E-state index contributed by atoms with van der Waals surface area (Å²) in [6, 6.07) is 0. The number of hydrogen-bond acceptors (Lipinski definition) is 4. The lowest BCUT2D eigenvalue weighted by Crippen LogP contribution is -2.59. The highest BCUT2D eigenvalue weighted by Crippen LogP contribution is 2.14. The van der Waals surface area contributed by atoms with E-state index in [0.717, 1.165) is 13.1 Å². The van der Waals surface area contributed by atoms with Crippen LogP contribution >= 0.6 is 0 Å². The summed E-state index contributed by atoms with van der Waals surface area (Å²) in [7, 11) is 0. The van der Waals surface area contributed by atoms with Gasteiger partial charge >= 0.3 is 0 Å². The Balaban J connectivity index is 2.16. The number of hydroxylamine groups is 1. The number of nitrogens with one attached hydrogen (secondary N) is 2. The molecule has 0 aromatic rings. The number of amides is 1. The smallest absolute Gasteiger partial charge is 0.269 e. The molecule has 11 heavy (non-hydrogen) atoms. The molecule has 0 spiro atoms. The Morgan fingerprint density at radius 2 is 2.45 bits per heavy atom. The Labute approximate surface area is 64.7 Å². The molecule has 0 atom stereocenters. The van der Waals surface area contributed by atoms with Gasteiger partial charge in [0, 0.05) is 13.1 Å². The third-order valence-electron chi connectivity index (χ3n) is 1.67. The monoisotopic (exact) mass is 160 g/mol. The highest BCUT2D eigenvalue weighted by atomic mass is 16.5. The topological polar surface area (TPSA) is 70.6 Å². The van der Waals surface area contributed by atoms with Crippen molar-refractivity contribution in [2.75, 3.05) is 19.7 Å². The summed E-state index contributed by atoms with van der Waals surface area (Å²) < 4.78 is 5.18. The van der Waals surface area contributed by atoms with Gasteiger partial charge < -0.3 is 10.1 Å².